The monoisotopic (exact) mass is 338 g/mol. The molecule has 0 unspecified atom stereocenters. The minimum absolute atomic E-state index is 0.0770. The second kappa shape index (κ2) is 7.89. The zero-order valence-electron chi connectivity index (χ0n) is 12.4. The second-order valence-corrected chi connectivity index (χ2v) is 5.66. The first-order valence-electron chi connectivity index (χ1n) is 6.78. The molecule has 0 aromatic heterocycles. The van der Waals surface area contributed by atoms with Gasteiger partial charge in [-0.15, -0.1) is 0 Å². The van der Waals surface area contributed by atoms with Gasteiger partial charge in [-0.3, -0.25) is 19.3 Å². The Labute approximate surface area is 136 Å². The molecule has 1 aromatic carbocycles. The van der Waals surface area contributed by atoms with Crippen molar-refractivity contribution < 1.29 is 23.5 Å². The van der Waals surface area contributed by atoms with Gasteiger partial charge in [0.1, 0.15) is 12.4 Å². The summed E-state index contributed by atoms with van der Waals surface area (Å²) in [4.78, 5) is 36.6. The number of nitrogens with one attached hydrogen (secondary N) is 1. The summed E-state index contributed by atoms with van der Waals surface area (Å²) in [7, 11) is 1.40. The van der Waals surface area contributed by atoms with E-state index in [4.69, 9.17) is 0 Å². The first-order chi connectivity index (χ1) is 11.0. The van der Waals surface area contributed by atoms with E-state index in [1.54, 1.807) is 0 Å². The summed E-state index contributed by atoms with van der Waals surface area (Å²) in [5.74, 6) is -1.12. The van der Waals surface area contributed by atoms with Crippen LogP contribution in [0.25, 0.3) is 6.08 Å². The van der Waals surface area contributed by atoms with Gasteiger partial charge in [-0.25, -0.2) is 4.39 Å². The molecule has 6 nitrogen and oxygen atoms in total. The highest BCUT2D eigenvalue weighted by molar-refractivity contribution is 8.18. The first kappa shape index (κ1) is 17.2. The van der Waals surface area contributed by atoms with Crippen molar-refractivity contribution in [1.29, 1.82) is 0 Å². The lowest BCUT2D eigenvalue weighted by atomic mass is 10.2. The molecule has 1 aliphatic rings. The molecule has 1 heterocycles. The number of benzene rings is 1. The zero-order chi connectivity index (χ0) is 16.8. The number of halogens is 1. The number of hydrogen-bond donors (Lipinski definition) is 1. The van der Waals surface area contributed by atoms with Gasteiger partial charge in [0.25, 0.3) is 11.1 Å². The normalized spacial score (nSPS) is 16.3. The predicted molar refractivity (Wildman–Crippen MR) is 84.0 cm³/mol. The number of methoxy groups -OCH3 is 1. The van der Waals surface area contributed by atoms with Crippen molar-refractivity contribution >= 4 is 34.9 Å². The number of imide groups is 1. The molecule has 122 valence electrons. The maximum absolute atomic E-state index is 12.9. The molecule has 0 aliphatic carbocycles. The number of hydrogen-bond acceptors (Lipinski definition) is 5. The van der Waals surface area contributed by atoms with E-state index in [9.17, 15) is 18.8 Å². The molecule has 0 atom stereocenters. The van der Waals surface area contributed by atoms with Gasteiger partial charge in [0.05, 0.1) is 4.91 Å². The zero-order valence-corrected chi connectivity index (χ0v) is 13.2. The van der Waals surface area contributed by atoms with E-state index in [0.717, 1.165) is 16.7 Å². The van der Waals surface area contributed by atoms with Crippen LogP contribution in [0.4, 0.5) is 9.18 Å². The number of carbonyl (C=O) groups is 3. The van der Waals surface area contributed by atoms with Crippen molar-refractivity contribution in [3.05, 3.63) is 40.6 Å². The number of nitrogens with zero attached hydrogens (tertiary/aromatic N) is 1. The fraction of sp³-hybridized carbons (Fsp3) is 0.267. The Balaban J connectivity index is 1.96. The molecule has 0 radical (unpaired) electrons. The molecule has 1 aliphatic heterocycles. The molecule has 1 saturated heterocycles. The van der Waals surface area contributed by atoms with E-state index < -0.39 is 11.1 Å². The van der Waals surface area contributed by atoms with Crippen molar-refractivity contribution in [3.63, 3.8) is 0 Å². The summed E-state index contributed by atoms with van der Waals surface area (Å²) in [6, 6.07) is 5.60. The van der Waals surface area contributed by atoms with Crippen LogP contribution in [0.15, 0.2) is 29.2 Å². The Morgan fingerprint density at radius 2 is 2.04 bits per heavy atom. The van der Waals surface area contributed by atoms with Crippen molar-refractivity contribution in [2.75, 3.05) is 26.8 Å². The van der Waals surface area contributed by atoms with Gasteiger partial charge < -0.3 is 10.1 Å². The lowest BCUT2D eigenvalue weighted by Gasteiger charge is -2.12. The molecule has 0 saturated carbocycles. The molecule has 0 bridgehead atoms. The van der Waals surface area contributed by atoms with E-state index in [0.29, 0.717) is 5.56 Å². The highest BCUT2D eigenvalue weighted by Gasteiger charge is 2.34. The molecule has 1 N–H and O–H groups in total. The molecule has 23 heavy (non-hydrogen) atoms. The van der Waals surface area contributed by atoms with Crippen LogP contribution >= 0.6 is 11.8 Å². The maximum Gasteiger partial charge on any atom is 0.293 e. The maximum atomic E-state index is 12.9. The van der Waals surface area contributed by atoms with E-state index in [-0.39, 0.29) is 36.3 Å². The number of rotatable bonds is 6. The molecule has 1 aromatic rings. The van der Waals surface area contributed by atoms with E-state index >= 15 is 0 Å². The van der Waals surface area contributed by atoms with Crippen molar-refractivity contribution in [1.82, 2.24) is 10.2 Å². The van der Waals surface area contributed by atoms with Gasteiger partial charge in [0.15, 0.2) is 0 Å². The Bertz CT molecular complexity index is 645. The highest BCUT2D eigenvalue weighted by Crippen LogP contribution is 2.31. The lowest BCUT2D eigenvalue weighted by molar-refractivity contribution is -0.126. The Morgan fingerprint density at radius 3 is 2.70 bits per heavy atom. The summed E-state index contributed by atoms with van der Waals surface area (Å²) in [5.41, 5.74) is 0.630. The first-order valence-corrected chi connectivity index (χ1v) is 7.59. The van der Waals surface area contributed by atoms with Crippen LogP contribution in [-0.4, -0.2) is 48.8 Å². The van der Waals surface area contributed by atoms with E-state index in [2.05, 4.69) is 10.1 Å². The van der Waals surface area contributed by atoms with Crippen molar-refractivity contribution in [2.24, 2.45) is 0 Å². The summed E-state index contributed by atoms with van der Waals surface area (Å²) in [6.07, 6.45) is 1.54. The third-order valence-electron chi connectivity index (χ3n) is 2.97. The fourth-order valence-electron chi connectivity index (χ4n) is 1.89. The summed E-state index contributed by atoms with van der Waals surface area (Å²) in [6.45, 7) is 0.164. The standard InChI is InChI=1S/C15H15FN2O4S/c1-22-9-13(19)17-6-7-18-14(20)12(23-15(18)21)8-10-2-4-11(16)5-3-10/h2-5,8H,6-7,9H2,1H3,(H,17,19)/b12-8+. The van der Waals surface area contributed by atoms with Crippen LogP contribution in [0.3, 0.4) is 0 Å². The molecular formula is C15H15FN2O4S. The quantitative estimate of drug-likeness (QED) is 0.798. The topological polar surface area (TPSA) is 75.7 Å². The van der Waals surface area contributed by atoms with Crippen molar-refractivity contribution in [2.45, 2.75) is 0 Å². The van der Waals surface area contributed by atoms with Gasteiger partial charge in [-0.1, -0.05) is 12.1 Å². The number of thioether (sulfide) groups is 1. The van der Waals surface area contributed by atoms with Gasteiger partial charge >= 0.3 is 0 Å². The average molecular weight is 338 g/mol. The third-order valence-corrected chi connectivity index (χ3v) is 3.88. The van der Waals surface area contributed by atoms with Crippen LogP contribution in [0, 0.1) is 5.82 Å². The summed E-state index contributed by atoms with van der Waals surface area (Å²) in [5, 5.41) is 2.14. The van der Waals surface area contributed by atoms with Crippen LogP contribution in [0.2, 0.25) is 0 Å². The summed E-state index contributed by atoms with van der Waals surface area (Å²) >= 11 is 0.817. The van der Waals surface area contributed by atoms with Gasteiger partial charge in [0.2, 0.25) is 5.91 Å². The van der Waals surface area contributed by atoms with Crippen LogP contribution in [0.1, 0.15) is 5.56 Å². The third kappa shape index (κ3) is 4.64. The predicted octanol–water partition coefficient (Wildman–Crippen LogP) is 1.62. The van der Waals surface area contributed by atoms with Crippen LogP contribution in [-0.2, 0) is 14.3 Å². The number of amides is 3. The second-order valence-electron chi connectivity index (χ2n) is 4.67. The Kier molecular flexibility index (Phi) is 5.89. The average Bonchev–Trinajstić information content (AvgIpc) is 2.77. The van der Waals surface area contributed by atoms with Crippen LogP contribution < -0.4 is 5.32 Å². The highest BCUT2D eigenvalue weighted by atomic mass is 32.2. The molecule has 8 heteroatoms. The summed E-state index contributed by atoms with van der Waals surface area (Å²) < 4.78 is 17.5. The number of ether oxygens (including phenoxy) is 1. The smallest absolute Gasteiger partial charge is 0.293 e. The fourth-order valence-corrected chi connectivity index (χ4v) is 2.76. The largest absolute Gasteiger partial charge is 0.375 e. The van der Waals surface area contributed by atoms with Gasteiger partial charge in [-0.05, 0) is 35.5 Å². The van der Waals surface area contributed by atoms with Gasteiger partial charge in [-0.2, -0.15) is 0 Å². The van der Waals surface area contributed by atoms with Crippen LogP contribution in [0.5, 0.6) is 0 Å². The SMILES string of the molecule is COCC(=O)NCCN1C(=O)S/C(=C/c2ccc(F)cc2)C1=O. The Hall–Kier alpha value is -2.19. The van der Waals surface area contributed by atoms with Gasteiger partial charge in [0, 0.05) is 20.2 Å². The minimum atomic E-state index is -0.426. The minimum Gasteiger partial charge on any atom is -0.375 e. The Morgan fingerprint density at radius 1 is 1.35 bits per heavy atom. The molecule has 2 rings (SSSR count). The molecule has 1 fully saturated rings. The lowest BCUT2D eigenvalue weighted by Crippen LogP contribution is -2.38. The van der Waals surface area contributed by atoms with Crippen molar-refractivity contribution in [3.8, 4) is 0 Å². The molecule has 0 spiro atoms. The molecule has 3 amide bonds. The molecular weight excluding hydrogens is 323 g/mol. The van der Waals surface area contributed by atoms with E-state index in [1.807, 2.05) is 0 Å². The van der Waals surface area contributed by atoms with E-state index in [1.165, 1.54) is 37.5 Å². The number of carbonyl (C=O) groups excluding carboxylic acids is 3.